The lowest BCUT2D eigenvalue weighted by Crippen LogP contribution is -2.13. The van der Waals surface area contributed by atoms with Crippen LogP contribution in [0.1, 0.15) is 44.5 Å². The zero-order valence-electron chi connectivity index (χ0n) is 10.2. The summed E-state index contributed by atoms with van der Waals surface area (Å²) in [6.45, 7) is 5.12. The highest BCUT2D eigenvalue weighted by atomic mass is 16.1. The zero-order chi connectivity index (χ0) is 11.5. The molecule has 1 aromatic heterocycles. The molecule has 1 fully saturated rings. The lowest BCUT2D eigenvalue weighted by atomic mass is 10.0. The molecule has 0 bridgehead atoms. The van der Waals surface area contributed by atoms with Gasteiger partial charge in [-0.3, -0.25) is 9.48 Å². The maximum absolute atomic E-state index is 11.6. The van der Waals surface area contributed by atoms with Crippen LogP contribution in [-0.2, 0) is 24.2 Å². The van der Waals surface area contributed by atoms with E-state index >= 15 is 0 Å². The van der Waals surface area contributed by atoms with Crippen LogP contribution in [0.4, 0.5) is 0 Å². The molecule has 0 aliphatic heterocycles. The number of aryl methyl sites for hydroxylation is 2. The minimum atomic E-state index is 0.256. The van der Waals surface area contributed by atoms with Crippen molar-refractivity contribution < 1.29 is 4.79 Å². The molecule has 0 N–H and O–H groups in total. The summed E-state index contributed by atoms with van der Waals surface area (Å²) in [6, 6.07) is 2.16. The van der Waals surface area contributed by atoms with E-state index in [0.717, 1.165) is 44.3 Å². The second-order valence-corrected chi connectivity index (χ2v) is 4.56. The summed E-state index contributed by atoms with van der Waals surface area (Å²) in [6.07, 6.45) is 4.78. The third-order valence-electron chi connectivity index (χ3n) is 3.46. The lowest BCUT2D eigenvalue weighted by Gasteiger charge is -2.08. The Morgan fingerprint density at radius 3 is 2.88 bits per heavy atom. The van der Waals surface area contributed by atoms with E-state index in [1.165, 1.54) is 5.69 Å². The Kier molecular flexibility index (Phi) is 3.42. The molecule has 0 aromatic carbocycles. The number of Topliss-reactive ketones (excluding diaryl/α,β-unsaturated/α-hetero) is 1. The van der Waals surface area contributed by atoms with Crippen LogP contribution >= 0.6 is 0 Å². The fourth-order valence-corrected chi connectivity index (χ4v) is 2.48. The highest BCUT2D eigenvalue weighted by molar-refractivity contribution is 5.83. The number of hydrogen-bond donors (Lipinski definition) is 0. The second kappa shape index (κ2) is 4.81. The van der Waals surface area contributed by atoms with Crippen LogP contribution in [-0.4, -0.2) is 15.6 Å². The molecule has 1 heterocycles. The van der Waals surface area contributed by atoms with Gasteiger partial charge in [0.15, 0.2) is 0 Å². The third-order valence-corrected chi connectivity index (χ3v) is 3.46. The van der Waals surface area contributed by atoms with E-state index in [2.05, 4.69) is 25.0 Å². The van der Waals surface area contributed by atoms with Crippen molar-refractivity contribution in [2.24, 2.45) is 5.92 Å². The van der Waals surface area contributed by atoms with Crippen molar-refractivity contribution in [2.75, 3.05) is 0 Å². The van der Waals surface area contributed by atoms with Crippen LogP contribution in [0.25, 0.3) is 0 Å². The van der Waals surface area contributed by atoms with Crippen LogP contribution in [0, 0.1) is 5.92 Å². The van der Waals surface area contributed by atoms with Crippen LogP contribution in [0.3, 0.4) is 0 Å². The van der Waals surface area contributed by atoms with E-state index in [4.69, 9.17) is 0 Å². The van der Waals surface area contributed by atoms with Crippen molar-refractivity contribution in [3.63, 3.8) is 0 Å². The Labute approximate surface area is 96.8 Å². The number of aromatic nitrogens is 2. The van der Waals surface area contributed by atoms with Gasteiger partial charge in [-0.2, -0.15) is 5.10 Å². The average molecular weight is 220 g/mol. The molecule has 16 heavy (non-hydrogen) atoms. The van der Waals surface area contributed by atoms with Gasteiger partial charge in [0.05, 0.1) is 5.69 Å². The van der Waals surface area contributed by atoms with E-state index in [0.29, 0.717) is 5.78 Å². The van der Waals surface area contributed by atoms with Gasteiger partial charge in [0.1, 0.15) is 5.78 Å². The van der Waals surface area contributed by atoms with E-state index < -0.39 is 0 Å². The van der Waals surface area contributed by atoms with Crippen LogP contribution in [0.2, 0.25) is 0 Å². The van der Waals surface area contributed by atoms with Gasteiger partial charge in [-0.15, -0.1) is 0 Å². The number of nitrogens with zero attached hydrogens (tertiary/aromatic N) is 2. The first-order valence-electron chi connectivity index (χ1n) is 6.32. The maximum atomic E-state index is 11.6. The van der Waals surface area contributed by atoms with Crippen molar-refractivity contribution in [2.45, 2.75) is 52.5 Å². The number of hydrogen-bond acceptors (Lipinski definition) is 2. The summed E-state index contributed by atoms with van der Waals surface area (Å²) in [7, 11) is 0. The molecule has 1 aliphatic carbocycles. The standard InChI is InChI=1S/C13H20N2O/c1-3-11-9-12(15(4-2)14-11)8-10-6-5-7-13(10)16/h9-10H,3-8H2,1-2H3. The van der Waals surface area contributed by atoms with Gasteiger partial charge in [-0.1, -0.05) is 6.92 Å². The topological polar surface area (TPSA) is 34.9 Å². The van der Waals surface area contributed by atoms with Gasteiger partial charge < -0.3 is 0 Å². The molecular formula is C13H20N2O. The average Bonchev–Trinajstić information content (AvgIpc) is 2.86. The Morgan fingerprint density at radius 2 is 2.31 bits per heavy atom. The van der Waals surface area contributed by atoms with E-state index in [1.54, 1.807) is 0 Å². The zero-order valence-corrected chi connectivity index (χ0v) is 10.2. The molecule has 1 atom stereocenters. The largest absolute Gasteiger partial charge is 0.299 e. The summed E-state index contributed by atoms with van der Waals surface area (Å²) in [5.41, 5.74) is 2.38. The van der Waals surface area contributed by atoms with Gasteiger partial charge in [-0.05, 0) is 38.7 Å². The molecule has 3 heteroatoms. The lowest BCUT2D eigenvalue weighted by molar-refractivity contribution is -0.120. The molecule has 0 spiro atoms. The first-order chi connectivity index (χ1) is 7.74. The number of carbonyl (C=O) groups excluding carboxylic acids is 1. The monoisotopic (exact) mass is 220 g/mol. The summed E-state index contributed by atoms with van der Waals surface area (Å²) in [5.74, 6) is 0.702. The Bertz CT molecular complexity index is 381. The second-order valence-electron chi connectivity index (χ2n) is 4.56. The molecule has 1 aromatic rings. The highest BCUT2D eigenvalue weighted by Gasteiger charge is 2.25. The molecule has 0 amide bonds. The number of carbonyl (C=O) groups is 1. The Hall–Kier alpha value is -1.12. The molecule has 1 saturated carbocycles. The minimum absolute atomic E-state index is 0.256. The minimum Gasteiger partial charge on any atom is -0.299 e. The molecule has 0 radical (unpaired) electrons. The molecule has 3 nitrogen and oxygen atoms in total. The number of rotatable bonds is 4. The summed E-state index contributed by atoms with van der Waals surface area (Å²) >= 11 is 0. The number of ketones is 1. The van der Waals surface area contributed by atoms with Crippen molar-refractivity contribution in [1.82, 2.24) is 9.78 Å². The van der Waals surface area contributed by atoms with Gasteiger partial charge in [0, 0.05) is 24.6 Å². The predicted molar refractivity (Wildman–Crippen MR) is 63.3 cm³/mol. The molecule has 1 unspecified atom stereocenters. The fraction of sp³-hybridized carbons (Fsp3) is 0.692. The third kappa shape index (κ3) is 2.18. The summed E-state index contributed by atoms with van der Waals surface area (Å²) in [4.78, 5) is 11.6. The molecular weight excluding hydrogens is 200 g/mol. The first-order valence-corrected chi connectivity index (χ1v) is 6.32. The molecule has 2 rings (SSSR count). The van der Waals surface area contributed by atoms with E-state index in [-0.39, 0.29) is 5.92 Å². The van der Waals surface area contributed by atoms with Gasteiger partial charge in [-0.25, -0.2) is 0 Å². The predicted octanol–water partition coefficient (Wildman–Crippen LogP) is 2.38. The molecule has 0 saturated heterocycles. The van der Waals surface area contributed by atoms with Crippen molar-refractivity contribution in [1.29, 1.82) is 0 Å². The fourth-order valence-electron chi connectivity index (χ4n) is 2.48. The summed E-state index contributed by atoms with van der Waals surface area (Å²) < 4.78 is 2.05. The van der Waals surface area contributed by atoms with Crippen molar-refractivity contribution in [3.8, 4) is 0 Å². The van der Waals surface area contributed by atoms with E-state index in [9.17, 15) is 4.79 Å². The van der Waals surface area contributed by atoms with Crippen LogP contribution in [0.15, 0.2) is 6.07 Å². The smallest absolute Gasteiger partial charge is 0.136 e. The Balaban J connectivity index is 2.13. The van der Waals surface area contributed by atoms with Crippen molar-refractivity contribution >= 4 is 5.78 Å². The van der Waals surface area contributed by atoms with Crippen molar-refractivity contribution in [3.05, 3.63) is 17.5 Å². The van der Waals surface area contributed by atoms with Crippen LogP contribution < -0.4 is 0 Å². The van der Waals surface area contributed by atoms with Gasteiger partial charge in [0.2, 0.25) is 0 Å². The van der Waals surface area contributed by atoms with Crippen LogP contribution in [0.5, 0.6) is 0 Å². The van der Waals surface area contributed by atoms with E-state index in [1.807, 2.05) is 4.68 Å². The summed E-state index contributed by atoms with van der Waals surface area (Å²) in [5, 5.41) is 4.52. The van der Waals surface area contributed by atoms with Gasteiger partial charge >= 0.3 is 0 Å². The SMILES string of the molecule is CCc1cc(CC2CCCC2=O)n(CC)n1. The Morgan fingerprint density at radius 1 is 1.50 bits per heavy atom. The normalized spacial score (nSPS) is 20.6. The first kappa shape index (κ1) is 11.4. The maximum Gasteiger partial charge on any atom is 0.136 e. The van der Waals surface area contributed by atoms with Gasteiger partial charge in [0.25, 0.3) is 0 Å². The highest BCUT2D eigenvalue weighted by Crippen LogP contribution is 2.25. The molecule has 1 aliphatic rings. The quantitative estimate of drug-likeness (QED) is 0.781. The molecule has 88 valence electrons.